The predicted octanol–water partition coefficient (Wildman–Crippen LogP) is 4.55. The van der Waals surface area contributed by atoms with Crippen LogP contribution in [0.3, 0.4) is 0 Å². The van der Waals surface area contributed by atoms with E-state index in [1.807, 2.05) is 0 Å². The summed E-state index contributed by atoms with van der Waals surface area (Å²) in [6, 6.07) is 6.11. The van der Waals surface area contributed by atoms with Gasteiger partial charge >= 0.3 is 17.9 Å². The number of fused-ring (bicyclic) bond motifs is 2. The third kappa shape index (κ3) is 5.00. The van der Waals surface area contributed by atoms with E-state index in [9.17, 15) is 18.4 Å². The van der Waals surface area contributed by atoms with Crippen molar-refractivity contribution in [2.45, 2.75) is 57.5 Å². The van der Waals surface area contributed by atoms with Gasteiger partial charge in [-0.1, -0.05) is 13.3 Å². The molecule has 2 bridgehead atoms. The lowest BCUT2D eigenvalue weighted by Gasteiger charge is -2.42. The number of benzene rings is 1. The maximum absolute atomic E-state index is 13.0. The maximum Gasteiger partial charge on any atom is 0.378 e. The summed E-state index contributed by atoms with van der Waals surface area (Å²) in [5, 5.41) is 8.35. The first-order chi connectivity index (χ1) is 13.3. The number of carbonyl (C=O) groups is 2. The molecule has 2 aliphatic carbocycles. The molecule has 0 saturated heterocycles. The second-order valence-electron chi connectivity index (χ2n) is 8.03. The van der Waals surface area contributed by atoms with Gasteiger partial charge < -0.3 is 14.6 Å². The molecule has 3 rings (SSSR count). The Bertz CT molecular complexity index is 689. The fraction of sp³-hybridized carbons (Fsp3) is 0.619. The molecule has 2 saturated carbocycles. The molecule has 1 aromatic rings. The molecule has 0 amide bonds. The van der Waals surface area contributed by atoms with Crippen molar-refractivity contribution in [1.82, 2.24) is 0 Å². The molecule has 2 aliphatic rings. The van der Waals surface area contributed by atoms with Crippen LogP contribution in [0.4, 0.5) is 8.78 Å². The Hall–Kier alpha value is -2.18. The van der Waals surface area contributed by atoms with E-state index >= 15 is 0 Å². The molecule has 28 heavy (non-hydrogen) atoms. The van der Waals surface area contributed by atoms with E-state index in [0.29, 0.717) is 17.6 Å². The Balaban J connectivity index is 1.52. The zero-order valence-corrected chi connectivity index (χ0v) is 15.9. The molecule has 2 atom stereocenters. The van der Waals surface area contributed by atoms with Crippen molar-refractivity contribution in [1.29, 1.82) is 0 Å². The molecule has 0 heterocycles. The molecular formula is C21H26F2O5. The summed E-state index contributed by atoms with van der Waals surface area (Å²) in [5.41, 5.74) is 0.0693. The summed E-state index contributed by atoms with van der Waals surface area (Å²) >= 11 is 0. The number of hydrogen-bond acceptors (Lipinski definition) is 4. The van der Waals surface area contributed by atoms with E-state index in [1.54, 1.807) is 12.1 Å². The summed E-state index contributed by atoms with van der Waals surface area (Å²) in [6.45, 7) is 0.762. The van der Waals surface area contributed by atoms with Crippen molar-refractivity contribution in [2.75, 3.05) is 6.61 Å². The van der Waals surface area contributed by atoms with Crippen LogP contribution in [0.25, 0.3) is 0 Å². The number of alkyl halides is 2. The Labute approximate surface area is 163 Å². The predicted molar refractivity (Wildman–Crippen MR) is 97.6 cm³/mol. The van der Waals surface area contributed by atoms with Gasteiger partial charge in [0.2, 0.25) is 0 Å². The number of hydrogen-bond donors (Lipinski definition) is 1. The van der Waals surface area contributed by atoms with Gasteiger partial charge in [-0.05, 0) is 74.1 Å². The van der Waals surface area contributed by atoms with Crippen LogP contribution in [0, 0.1) is 17.8 Å². The lowest BCUT2D eigenvalue weighted by atomic mass is 9.66. The fourth-order valence-corrected chi connectivity index (χ4v) is 4.52. The molecule has 2 fully saturated rings. The highest BCUT2D eigenvalue weighted by molar-refractivity contribution is 5.89. The van der Waals surface area contributed by atoms with E-state index in [-0.39, 0.29) is 11.7 Å². The number of aliphatic carboxylic acids is 1. The van der Waals surface area contributed by atoms with E-state index in [1.165, 1.54) is 37.8 Å². The Morgan fingerprint density at radius 1 is 1.07 bits per heavy atom. The zero-order chi connectivity index (χ0) is 20.3. The molecule has 1 aromatic carbocycles. The molecule has 154 valence electrons. The van der Waals surface area contributed by atoms with Crippen molar-refractivity contribution in [3.8, 4) is 5.75 Å². The summed E-state index contributed by atoms with van der Waals surface area (Å²) in [4.78, 5) is 22.2. The smallest absolute Gasteiger partial charge is 0.378 e. The minimum Gasteiger partial charge on any atom is -0.490 e. The second-order valence-corrected chi connectivity index (χ2v) is 8.03. The van der Waals surface area contributed by atoms with E-state index < -0.39 is 24.5 Å². The number of ether oxygens (including phenoxy) is 2. The highest BCUT2D eigenvalue weighted by Crippen LogP contribution is 2.44. The lowest BCUT2D eigenvalue weighted by molar-refractivity contribution is -0.170. The number of carboxylic acids is 1. The molecule has 5 nitrogen and oxygen atoms in total. The third-order valence-corrected chi connectivity index (χ3v) is 5.86. The maximum atomic E-state index is 13.0. The first kappa shape index (κ1) is 20.6. The van der Waals surface area contributed by atoms with Crippen LogP contribution < -0.4 is 4.74 Å². The number of carbonyl (C=O) groups excluding carboxylic acids is 1. The van der Waals surface area contributed by atoms with Gasteiger partial charge in [0.1, 0.15) is 5.75 Å². The zero-order valence-electron chi connectivity index (χ0n) is 15.9. The van der Waals surface area contributed by atoms with Crippen LogP contribution in [0.5, 0.6) is 5.75 Å². The number of carboxylic acid groups (broad SMARTS) is 1. The normalized spacial score (nSPS) is 27.1. The van der Waals surface area contributed by atoms with Gasteiger partial charge in [-0.15, -0.1) is 0 Å². The van der Waals surface area contributed by atoms with Crippen LogP contribution >= 0.6 is 0 Å². The monoisotopic (exact) mass is 396 g/mol. The summed E-state index contributed by atoms with van der Waals surface area (Å²) < 4.78 is 36.5. The number of esters is 1. The molecule has 1 N–H and O–H groups in total. The van der Waals surface area contributed by atoms with Gasteiger partial charge in [0.15, 0.2) is 6.61 Å². The molecular weight excluding hydrogens is 370 g/mol. The summed E-state index contributed by atoms with van der Waals surface area (Å²) in [6.07, 6.45) is 7.34. The Kier molecular flexibility index (Phi) is 6.20. The highest BCUT2D eigenvalue weighted by atomic mass is 19.3. The second kappa shape index (κ2) is 8.45. The van der Waals surface area contributed by atoms with E-state index in [2.05, 4.69) is 11.7 Å². The third-order valence-electron chi connectivity index (χ3n) is 5.86. The number of halogens is 2. The van der Waals surface area contributed by atoms with Crippen molar-refractivity contribution in [3.63, 3.8) is 0 Å². The van der Waals surface area contributed by atoms with Crippen molar-refractivity contribution < 1.29 is 33.0 Å². The first-order valence-corrected chi connectivity index (χ1v) is 9.82. The van der Waals surface area contributed by atoms with Crippen molar-refractivity contribution in [3.05, 3.63) is 29.8 Å². The SMILES string of the molecule is CCC1CC2CC(C1)CC(Oc1ccc(C(=O)OCC(F)(F)C(=O)O)cc1)C2. The molecule has 2 unspecified atom stereocenters. The van der Waals surface area contributed by atoms with E-state index in [4.69, 9.17) is 9.84 Å². The van der Waals surface area contributed by atoms with Crippen LogP contribution in [-0.2, 0) is 9.53 Å². The van der Waals surface area contributed by atoms with Crippen molar-refractivity contribution in [2.24, 2.45) is 17.8 Å². The lowest BCUT2D eigenvalue weighted by Crippen LogP contribution is -2.36. The van der Waals surface area contributed by atoms with Gasteiger partial charge in [0.25, 0.3) is 0 Å². The number of rotatable bonds is 7. The molecule has 0 radical (unpaired) electrons. The standard InChI is InChI=1S/C21H26F2O5/c1-2-13-7-14-9-15(8-13)11-18(10-14)28-17-5-3-16(4-6-17)19(24)27-12-21(22,23)20(25)26/h3-6,13-15,18H,2,7-12H2,1H3,(H,25,26). The quantitative estimate of drug-likeness (QED) is 0.685. The van der Waals surface area contributed by atoms with Gasteiger partial charge in [-0.3, -0.25) is 0 Å². The van der Waals surface area contributed by atoms with Gasteiger partial charge in [0.05, 0.1) is 11.7 Å². The minimum atomic E-state index is -4.10. The first-order valence-electron chi connectivity index (χ1n) is 9.82. The highest BCUT2D eigenvalue weighted by Gasteiger charge is 2.40. The minimum absolute atomic E-state index is 0.0693. The van der Waals surface area contributed by atoms with E-state index in [0.717, 1.165) is 18.8 Å². The molecule has 0 aromatic heterocycles. The molecule has 0 aliphatic heterocycles. The summed E-state index contributed by atoms with van der Waals surface area (Å²) in [7, 11) is 0. The van der Waals surface area contributed by atoms with Crippen molar-refractivity contribution >= 4 is 11.9 Å². The Morgan fingerprint density at radius 3 is 2.21 bits per heavy atom. The van der Waals surface area contributed by atoms with Crippen LogP contribution in [-0.4, -0.2) is 35.7 Å². The van der Waals surface area contributed by atoms with Crippen LogP contribution in [0.15, 0.2) is 24.3 Å². The van der Waals surface area contributed by atoms with Crippen LogP contribution in [0.2, 0.25) is 0 Å². The molecule has 0 spiro atoms. The van der Waals surface area contributed by atoms with Gasteiger partial charge in [0, 0.05) is 0 Å². The average molecular weight is 396 g/mol. The fourth-order valence-electron chi connectivity index (χ4n) is 4.52. The van der Waals surface area contributed by atoms with Gasteiger partial charge in [-0.25, -0.2) is 9.59 Å². The van der Waals surface area contributed by atoms with Gasteiger partial charge in [-0.2, -0.15) is 8.78 Å². The summed E-state index contributed by atoms with van der Waals surface area (Å²) in [5.74, 6) is -4.53. The molecule has 7 heteroatoms. The topological polar surface area (TPSA) is 72.8 Å². The van der Waals surface area contributed by atoms with Crippen LogP contribution in [0.1, 0.15) is 55.8 Å². The largest absolute Gasteiger partial charge is 0.490 e. The Morgan fingerprint density at radius 2 is 1.68 bits per heavy atom. The average Bonchev–Trinajstić information content (AvgIpc) is 2.65.